The molecule has 0 nitrogen and oxygen atoms in total. The van der Waals surface area contributed by atoms with Crippen molar-refractivity contribution in [2.75, 3.05) is 0 Å². The molecule has 0 heterocycles. The van der Waals surface area contributed by atoms with Gasteiger partial charge in [-0.05, 0) is 27.9 Å². The van der Waals surface area contributed by atoms with Crippen LogP contribution in [0.2, 0.25) is 0 Å². The van der Waals surface area contributed by atoms with Gasteiger partial charge in [0.1, 0.15) is 0 Å². The van der Waals surface area contributed by atoms with Crippen molar-refractivity contribution in [1.29, 1.82) is 0 Å². The lowest BCUT2D eigenvalue weighted by Gasteiger charge is -2.03. The molecule has 0 saturated heterocycles. The summed E-state index contributed by atoms with van der Waals surface area (Å²) in [6.07, 6.45) is 3.65. The van der Waals surface area contributed by atoms with Crippen LogP contribution in [0.25, 0.3) is 0 Å². The molecule has 3 heteroatoms. The van der Waals surface area contributed by atoms with Crippen molar-refractivity contribution in [3.05, 3.63) is 12.2 Å². The minimum atomic E-state index is -0.892. The van der Waals surface area contributed by atoms with E-state index in [1.165, 1.54) is 0 Å². The van der Waals surface area contributed by atoms with Crippen LogP contribution in [0.4, 0.5) is 0 Å². The highest BCUT2D eigenvalue weighted by molar-refractivity contribution is 9.11. The molecule has 0 saturated carbocycles. The summed E-state index contributed by atoms with van der Waals surface area (Å²) in [7, 11) is 0. The highest BCUT2D eigenvalue weighted by Gasteiger charge is 2.12. The molecule has 0 fully saturated rings. The van der Waals surface area contributed by atoms with E-state index in [0.29, 0.717) is 5.92 Å². The highest BCUT2D eigenvalue weighted by atomic mass is 79.9. The Morgan fingerprint density at radius 1 is 1.44 bits per heavy atom. The van der Waals surface area contributed by atoms with Gasteiger partial charge in [-0.2, -0.15) is 0 Å². The average molecular weight is 232 g/mol. The molecular formula is C6H9BrCl2. The van der Waals surface area contributed by atoms with Crippen LogP contribution in [0.1, 0.15) is 13.8 Å². The Labute approximate surface area is 74.3 Å². The van der Waals surface area contributed by atoms with Crippen LogP contribution in [0.3, 0.4) is 0 Å². The Morgan fingerprint density at radius 3 is 2.00 bits per heavy atom. The Balaban J connectivity index is 3.71. The van der Waals surface area contributed by atoms with Crippen LogP contribution in [-0.4, -0.2) is 3.24 Å². The van der Waals surface area contributed by atoms with Crippen molar-refractivity contribution in [3.63, 3.8) is 0 Å². The van der Waals surface area contributed by atoms with Crippen molar-refractivity contribution in [1.82, 2.24) is 0 Å². The molecule has 54 valence electrons. The van der Waals surface area contributed by atoms with Gasteiger partial charge in [0.05, 0.1) is 0 Å². The molecule has 0 aromatic carbocycles. The molecule has 0 aliphatic heterocycles. The largest absolute Gasteiger partial charge is 0.190 e. The van der Waals surface area contributed by atoms with E-state index in [1.54, 1.807) is 6.08 Å². The van der Waals surface area contributed by atoms with Crippen molar-refractivity contribution >= 4 is 39.1 Å². The molecule has 0 N–H and O–H groups in total. The van der Waals surface area contributed by atoms with Gasteiger partial charge in [-0.15, -0.1) is 0 Å². The van der Waals surface area contributed by atoms with Crippen molar-refractivity contribution < 1.29 is 0 Å². The van der Waals surface area contributed by atoms with Gasteiger partial charge in [-0.25, -0.2) is 0 Å². The summed E-state index contributed by atoms with van der Waals surface area (Å²) in [5.74, 6) is 0.486. The monoisotopic (exact) mass is 230 g/mol. The fourth-order valence-corrected chi connectivity index (χ4v) is 0.600. The van der Waals surface area contributed by atoms with Crippen LogP contribution in [0.5, 0.6) is 0 Å². The number of rotatable bonds is 2. The average Bonchev–Trinajstić information content (AvgIpc) is 1.59. The standard InChI is InChI=1S/C6H9BrCl2/c1-5(2)3-4-6(7,8)9/h3-5H,1-2H3. The maximum Gasteiger partial charge on any atom is 0.190 e. The molecule has 0 unspecified atom stereocenters. The number of alkyl halides is 3. The fraction of sp³-hybridized carbons (Fsp3) is 0.667. The van der Waals surface area contributed by atoms with Crippen LogP contribution < -0.4 is 0 Å². The summed E-state index contributed by atoms with van der Waals surface area (Å²) in [4.78, 5) is 0. The molecule has 0 bridgehead atoms. The smallest absolute Gasteiger partial charge is 0.0841 e. The number of hydrogen-bond acceptors (Lipinski definition) is 0. The zero-order valence-electron chi connectivity index (χ0n) is 5.37. The van der Waals surface area contributed by atoms with Crippen molar-refractivity contribution in [2.45, 2.75) is 17.1 Å². The predicted octanol–water partition coefficient (Wildman–Crippen LogP) is 3.72. The summed E-state index contributed by atoms with van der Waals surface area (Å²) in [5.41, 5.74) is 0. The van der Waals surface area contributed by atoms with Gasteiger partial charge in [-0.1, -0.05) is 43.1 Å². The first-order valence-electron chi connectivity index (χ1n) is 2.68. The first-order valence-corrected chi connectivity index (χ1v) is 4.23. The van der Waals surface area contributed by atoms with Gasteiger partial charge < -0.3 is 0 Å². The number of hydrogen-bond donors (Lipinski definition) is 0. The van der Waals surface area contributed by atoms with Crippen LogP contribution in [0, 0.1) is 5.92 Å². The van der Waals surface area contributed by atoms with E-state index in [0.717, 1.165) is 0 Å². The minimum absolute atomic E-state index is 0.486. The van der Waals surface area contributed by atoms with E-state index in [1.807, 2.05) is 6.08 Å². The Bertz CT molecular complexity index is 102. The number of allylic oxidation sites excluding steroid dienone is 2. The third-order valence-electron chi connectivity index (χ3n) is 0.670. The molecule has 0 amide bonds. The Kier molecular flexibility index (Phi) is 4.19. The van der Waals surface area contributed by atoms with Crippen molar-refractivity contribution in [3.8, 4) is 0 Å². The second-order valence-electron chi connectivity index (χ2n) is 2.14. The zero-order chi connectivity index (χ0) is 7.49. The minimum Gasteiger partial charge on any atom is -0.0841 e. The second kappa shape index (κ2) is 3.85. The lowest BCUT2D eigenvalue weighted by Crippen LogP contribution is -1.94. The molecule has 0 aliphatic rings. The van der Waals surface area contributed by atoms with Gasteiger partial charge in [0.25, 0.3) is 0 Å². The van der Waals surface area contributed by atoms with Crippen molar-refractivity contribution in [2.24, 2.45) is 5.92 Å². The normalized spacial score (nSPS) is 13.6. The summed E-state index contributed by atoms with van der Waals surface area (Å²) in [6.45, 7) is 4.12. The molecule has 0 spiro atoms. The van der Waals surface area contributed by atoms with Crippen LogP contribution in [0.15, 0.2) is 12.2 Å². The summed E-state index contributed by atoms with van der Waals surface area (Å²) < 4.78 is -0.892. The lowest BCUT2D eigenvalue weighted by atomic mass is 10.2. The lowest BCUT2D eigenvalue weighted by molar-refractivity contribution is 0.829. The third-order valence-corrected chi connectivity index (χ3v) is 1.19. The first-order chi connectivity index (χ1) is 3.92. The maximum absolute atomic E-state index is 5.57. The summed E-state index contributed by atoms with van der Waals surface area (Å²) in [5, 5.41) is 0. The number of halogens is 3. The fourth-order valence-electron chi connectivity index (χ4n) is 0.302. The van der Waals surface area contributed by atoms with E-state index < -0.39 is 3.24 Å². The zero-order valence-corrected chi connectivity index (χ0v) is 8.46. The van der Waals surface area contributed by atoms with Gasteiger partial charge in [0, 0.05) is 0 Å². The molecule has 9 heavy (non-hydrogen) atoms. The van der Waals surface area contributed by atoms with Crippen LogP contribution >= 0.6 is 39.1 Å². The summed E-state index contributed by atoms with van der Waals surface area (Å²) >= 11 is 14.2. The van der Waals surface area contributed by atoms with E-state index in [-0.39, 0.29) is 0 Å². The van der Waals surface area contributed by atoms with Gasteiger partial charge in [0.15, 0.2) is 3.24 Å². The quantitative estimate of drug-likeness (QED) is 0.502. The molecule has 0 rings (SSSR count). The Hall–Kier alpha value is 0.800. The first kappa shape index (κ1) is 9.80. The predicted molar refractivity (Wildman–Crippen MR) is 47.3 cm³/mol. The molecule has 0 aliphatic carbocycles. The van der Waals surface area contributed by atoms with Gasteiger partial charge in [-0.3, -0.25) is 0 Å². The van der Waals surface area contributed by atoms with E-state index in [9.17, 15) is 0 Å². The topological polar surface area (TPSA) is 0 Å². The molecule has 0 aromatic rings. The van der Waals surface area contributed by atoms with Gasteiger partial charge >= 0.3 is 0 Å². The molecule has 0 aromatic heterocycles. The maximum atomic E-state index is 5.57. The molecule has 0 radical (unpaired) electrons. The van der Waals surface area contributed by atoms with Crippen LogP contribution in [-0.2, 0) is 0 Å². The van der Waals surface area contributed by atoms with E-state index >= 15 is 0 Å². The molecule has 0 atom stereocenters. The van der Waals surface area contributed by atoms with E-state index in [2.05, 4.69) is 29.8 Å². The molecular weight excluding hydrogens is 223 g/mol. The van der Waals surface area contributed by atoms with E-state index in [4.69, 9.17) is 23.2 Å². The SMILES string of the molecule is CC(C)C=CC(Cl)(Cl)Br. The second-order valence-corrected chi connectivity index (χ2v) is 5.69. The Morgan fingerprint density at radius 2 is 1.89 bits per heavy atom. The highest BCUT2D eigenvalue weighted by Crippen LogP contribution is 2.30. The van der Waals surface area contributed by atoms with Gasteiger partial charge in [0.2, 0.25) is 0 Å². The summed E-state index contributed by atoms with van der Waals surface area (Å²) in [6, 6.07) is 0. The third kappa shape index (κ3) is 8.80.